The molecule has 0 unspecified atom stereocenters. The Morgan fingerprint density at radius 1 is 1.09 bits per heavy atom. The average molecular weight is 297 g/mol. The predicted octanol–water partition coefficient (Wildman–Crippen LogP) is 2.85. The summed E-state index contributed by atoms with van der Waals surface area (Å²) in [5.74, 6) is 1.12. The van der Waals surface area contributed by atoms with Crippen molar-refractivity contribution in [2.24, 2.45) is 0 Å². The summed E-state index contributed by atoms with van der Waals surface area (Å²) in [5, 5.41) is 7.60. The summed E-state index contributed by atoms with van der Waals surface area (Å²) in [6.07, 6.45) is 6.89. The first-order chi connectivity index (χ1) is 10.8. The van der Waals surface area contributed by atoms with Crippen LogP contribution >= 0.6 is 0 Å². The number of aromatic nitrogens is 4. The summed E-state index contributed by atoms with van der Waals surface area (Å²) in [4.78, 5) is 8.27. The lowest BCUT2D eigenvalue weighted by Gasteiger charge is -2.04. The van der Waals surface area contributed by atoms with Gasteiger partial charge in [0.2, 0.25) is 5.95 Å². The minimum Gasteiger partial charge on any atom is -0.369 e. The van der Waals surface area contributed by atoms with Crippen LogP contribution in [-0.4, -0.2) is 26.3 Å². The highest BCUT2D eigenvalue weighted by Gasteiger charge is 2.02. The highest BCUT2D eigenvalue weighted by molar-refractivity contribution is 5.33. The molecule has 22 heavy (non-hydrogen) atoms. The molecule has 0 atom stereocenters. The van der Waals surface area contributed by atoms with E-state index in [0.29, 0.717) is 5.95 Å². The van der Waals surface area contributed by atoms with Crippen molar-refractivity contribution in [1.29, 1.82) is 0 Å². The minimum absolute atomic E-state index is 0.188. The topological polar surface area (TPSA) is 55.6 Å². The first-order valence-corrected chi connectivity index (χ1v) is 7.13. The Bertz CT molecular complexity index is 726. The molecule has 0 aliphatic rings. The Balaban J connectivity index is 1.49. The zero-order valence-corrected chi connectivity index (χ0v) is 12.0. The van der Waals surface area contributed by atoms with Gasteiger partial charge in [0.05, 0.1) is 0 Å². The van der Waals surface area contributed by atoms with Crippen molar-refractivity contribution >= 4 is 5.82 Å². The van der Waals surface area contributed by atoms with Crippen molar-refractivity contribution < 1.29 is 4.39 Å². The summed E-state index contributed by atoms with van der Waals surface area (Å²) < 4.78 is 14.7. The number of anilines is 1. The average Bonchev–Trinajstić information content (AvgIpc) is 3.01. The highest BCUT2D eigenvalue weighted by Crippen LogP contribution is 2.08. The van der Waals surface area contributed by atoms with Crippen LogP contribution in [0, 0.1) is 5.82 Å². The Morgan fingerprint density at radius 2 is 1.95 bits per heavy atom. The second kappa shape index (κ2) is 6.80. The van der Waals surface area contributed by atoms with Crippen LogP contribution in [0.4, 0.5) is 10.2 Å². The number of benzene rings is 1. The van der Waals surface area contributed by atoms with Gasteiger partial charge in [0.15, 0.2) is 0 Å². The largest absolute Gasteiger partial charge is 0.369 e. The van der Waals surface area contributed by atoms with Crippen LogP contribution in [0.1, 0.15) is 12.0 Å². The molecule has 2 heterocycles. The monoisotopic (exact) mass is 297 g/mol. The van der Waals surface area contributed by atoms with Crippen LogP contribution in [0.5, 0.6) is 0 Å². The molecule has 3 aromatic rings. The van der Waals surface area contributed by atoms with E-state index in [0.717, 1.165) is 30.8 Å². The quantitative estimate of drug-likeness (QED) is 0.711. The number of halogens is 1. The summed E-state index contributed by atoms with van der Waals surface area (Å²) >= 11 is 0. The lowest BCUT2D eigenvalue weighted by atomic mass is 10.1. The van der Waals surface area contributed by atoms with Gasteiger partial charge in [-0.1, -0.05) is 12.1 Å². The minimum atomic E-state index is -0.188. The zero-order valence-electron chi connectivity index (χ0n) is 12.0. The lowest BCUT2D eigenvalue weighted by molar-refractivity contribution is 0.624. The molecule has 0 saturated carbocycles. The number of hydrogen-bond donors (Lipinski definition) is 1. The van der Waals surface area contributed by atoms with E-state index >= 15 is 0 Å². The van der Waals surface area contributed by atoms with Gasteiger partial charge >= 0.3 is 0 Å². The van der Waals surface area contributed by atoms with Gasteiger partial charge in [0.1, 0.15) is 11.6 Å². The molecule has 2 aromatic heterocycles. The van der Waals surface area contributed by atoms with E-state index in [2.05, 4.69) is 20.4 Å². The molecule has 0 spiro atoms. The SMILES string of the molecule is Fc1cccc(CCCNc2ccn(-c3ncccn3)n2)c1. The van der Waals surface area contributed by atoms with Crippen LogP contribution in [-0.2, 0) is 6.42 Å². The maximum atomic E-state index is 13.1. The Hall–Kier alpha value is -2.76. The Kier molecular flexibility index (Phi) is 4.38. The third kappa shape index (κ3) is 3.66. The van der Waals surface area contributed by atoms with E-state index in [1.807, 2.05) is 18.3 Å². The zero-order chi connectivity index (χ0) is 15.2. The van der Waals surface area contributed by atoms with E-state index in [9.17, 15) is 4.39 Å². The Labute approximate surface area is 127 Å². The molecule has 0 bridgehead atoms. The first kappa shape index (κ1) is 14.2. The number of aryl methyl sites for hydroxylation is 1. The molecule has 0 amide bonds. The normalized spacial score (nSPS) is 10.6. The number of rotatable bonds is 6. The summed E-state index contributed by atoms with van der Waals surface area (Å²) in [6.45, 7) is 0.767. The number of nitrogens with one attached hydrogen (secondary N) is 1. The second-order valence-corrected chi connectivity index (χ2v) is 4.85. The Morgan fingerprint density at radius 3 is 2.77 bits per heavy atom. The fraction of sp³-hybridized carbons (Fsp3) is 0.188. The van der Waals surface area contributed by atoms with E-state index in [4.69, 9.17) is 0 Å². The van der Waals surface area contributed by atoms with E-state index in [-0.39, 0.29) is 5.82 Å². The molecule has 112 valence electrons. The molecular weight excluding hydrogens is 281 g/mol. The van der Waals surface area contributed by atoms with Crippen LogP contribution in [0.3, 0.4) is 0 Å². The molecule has 3 rings (SSSR count). The third-order valence-corrected chi connectivity index (χ3v) is 3.18. The van der Waals surface area contributed by atoms with Gasteiger partial charge in [0.25, 0.3) is 0 Å². The maximum Gasteiger partial charge on any atom is 0.250 e. The fourth-order valence-electron chi connectivity index (χ4n) is 2.14. The molecule has 0 aliphatic carbocycles. The third-order valence-electron chi connectivity index (χ3n) is 3.18. The van der Waals surface area contributed by atoms with Crippen molar-refractivity contribution in [3.05, 3.63) is 66.4 Å². The number of hydrogen-bond acceptors (Lipinski definition) is 4. The molecular formula is C16H16FN5. The van der Waals surface area contributed by atoms with E-state index in [1.54, 1.807) is 35.3 Å². The van der Waals surface area contributed by atoms with Crippen LogP contribution in [0.25, 0.3) is 5.95 Å². The van der Waals surface area contributed by atoms with Gasteiger partial charge in [-0.2, -0.15) is 0 Å². The van der Waals surface area contributed by atoms with Crippen molar-refractivity contribution in [1.82, 2.24) is 19.7 Å². The maximum absolute atomic E-state index is 13.1. The molecule has 1 aromatic carbocycles. The standard InChI is InChI=1S/C16H16FN5/c17-14-6-1-4-13(12-14)5-2-8-18-15-7-11-22(21-15)16-19-9-3-10-20-16/h1,3-4,6-7,9-12H,2,5,8H2,(H,18,21). The second-order valence-electron chi connectivity index (χ2n) is 4.85. The van der Waals surface area contributed by atoms with Crippen LogP contribution in [0.2, 0.25) is 0 Å². The predicted molar refractivity (Wildman–Crippen MR) is 82.4 cm³/mol. The summed E-state index contributed by atoms with van der Waals surface area (Å²) in [7, 11) is 0. The molecule has 0 aliphatic heterocycles. The van der Waals surface area contributed by atoms with Crippen molar-refractivity contribution in [3.8, 4) is 5.95 Å². The van der Waals surface area contributed by atoms with Crippen molar-refractivity contribution in [3.63, 3.8) is 0 Å². The molecule has 5 nitrogen and oxygen atoms in total. The van der Waals surface area contributed by atoms with Crippen molar-refractivity contribution in [2.45, 2.75) is 12.8 Å². The van der Waals surface area contributed by atoms with Gasteiger partial charge in [-0.25, -0.2) is 19.0 Å². The lowest BCUT2D eigenvalue weighted by Crippen LogP contribution is -2.05. The van der Waals surface area contributed by atoms with Crippen LogP contribution in [0.15, 0.2) is 55.0 Å². The van der Waals surface area contributed by atoms with E-state index in [1.165, 1.54) is 6.07 Å². The van der Waals surface area contributed by atoms with Gasteiger partial charge in [-0.15, -0.1) is 5.10 Å². The summed E-state index contributed by atoms with van der Waals surface area (Å²) in [5.41, 5.74) is 1.00. The van der Waals surface area contributed by atoms with E-state index < -0.39 is 0 Å². The van der Waals surface area contributed by atoms with Crippen LogP contribution < -0.4 is 5.32 Å². The van der Waals surface area contributed by atoms with Gasteiger partial charge in [-0.3, -0.25) is 0 Å². The molecule has 1 N–H and O–H groups in total. The van der Waals surface area contributed by atoms with Gasteiger partial charge < -0.3 is 5.32 Å². The number of nitrogens with zero attached hydrogens (tertiary/aromatic N) is 4. The summed E-state index contributed by atoms with van der Waals surface area (Å²) in [6, 6.07) is 10.3. The molecule has 0 fully saturated rings. The fourth-order valence-corrected chi connectivity index (χ4v) is 2.14. The first-order valence-electron chi connectivity index (χ1n) is 7.13. The molecule has 6 heteroatoms. The highest BCUT2D eigenvalue weighted by atomic mass is 19.1. The van der Waals surface area contributed by atoms with Gasteiger partial charge in [-0.05, 0) is 36.6 Å². The molecule has 0 saturated heterocycles. The van der Waals surface area contributed by atoms with Crippen molar-refractivity contribution in [2.75, 3.05) is 11.9 Å². The molecule has 0 radical (unpaired) electrons. The smallest absolute Gasteiger partial charge is 0.250 e. The van der Waals surface area contributed by atoms with Gasteiger partial charge in [0, 0.05) is 31.2 Å².